The third kappa shape index (κ3) is 3.22. The smallest absolute Gasteiger partial charge is 0.313 e. The number of fused-ring (bicyclic) bond motifs is 1. The van der Waals surface area contributed by atoms with Crippen LogP contribution >= 0.6 is 11.6 Å². The number of halogens is 1. The van der Waals surface area contributed by atoms with E-state index in [4.69, 9.17) is 20.8 Å². The molecule has 0 saturated heterocycles. The molecule has 0 unspecified atom stereocenters. The van der Waals surface area contributed by atoms with Crippen molar-refractivity contribution in [1.29, 1.82) is 0 Å². The quantitative estimate of drug-likeness (QED) is 0.794. The van der Waals surface area contributed by atoms with E-state index < -0.39 is 10.8 Å². The van der Waals surface area contributed by atoms with Crippen LogP contribution in [0.2, 0.25) is 5.02 Å². The van der Waals surface area contributed by atoms with E-state index in [1.807, 2.05) is 6.92 Å². The summed E-state index contributed by atoms with van der Waals surface area (Å²) < 4.78 is 22.5. The third-order valence-electron chi connectivity index (χ3n) is 2.73. The summed E-state index contributed by atoms with van der Waals surface area (Å²) in [6, 6.07) is 5.09. The maximum absolute atomic E-state index is 11.9. The summed E-state index contributed by atoms with van der Waals surface area (Å²) >= 11 is 5.95. The van der Waals surface area contributed by atoms with E-state index in [0.717, 1.165) is 6.42 Å². The van der Waals surface area contributed by atoms with Crippen LogP contribution in [0.4, 0.5) is 0 Å². The average Bonchev–Trinajstić information content (AvgIpc) is 2.73. The molecule has 0 aliphatic carbocycles. The molecule has 0 bridgehead atoms. The Bertz CT molecular complexity index is 662. The molecule has 0 fully saturated rings. The number of carbonyl (C=O) groups is 1. The normalized spacial score (nSPS) is 12.6. The van der Waals surface area contributed by atoms with Crippen molar-refractivity contribution in [3.8, 4) is 0 Å². The van der Waals surface area contributed by atoms with Crippen LogP contribution in [-0.4, -0.2) is 23.0 Å². The molecule has 0 spiro atoms. The van der Waals surface area contributed by atoms with Crippen LogP contribution in [0.25, 0.3) is 11.0 Å². The zero-order valence-electron chi connectivity index (χ0n) is 11.3. The van der Waals surface area contributed by atoms with Gasteiger partial charge in [0.15, 0.2) is 0 Å². The lowest BCUT2D eigenvalue weighted by Gasteiger charge is -2.02. The monoisotopic (exact) mass is 314 g/mol. The fraction of sp³-hybridized carbons (Fsp3) is 0.357. The first kappa shape index (κ1) is 15.1. The number of hydrogen-bond donors (Lipinski definition) is 0. The van der Waals surface area contributed by atoms with Gasteiger partial charge in [0, 0.05) is 16.7 Å². The van der Waals surface area contributed by atoms with Gasteiger partial charge in [-0.05, 0) is 24.6 Å². The van der Waals surface area contributed by atoms with E-state index in [-0.39, 0.29) is 12.4 Å². The van der Waals surface area contributed by atoms with Crippen LogP contribution in [0, 0.1) is 0 Å². The maximum Gasteiger partial charge on any atom is 0.313 e. The van der Waals surface area contributed by atoms with Gasteiger partial charge in [-0.2, -0.15) is 0 Å². The van der Waals surface area contributed by atoms with E-state index in [9.17, 15) is 9.00 Å². The highest BCUT2D eigenvalue weighted by Crippen LogP contribution is 2.31. The van der Waals surface area contributed by atoms with E-state index in [0.29, 0.717) is 33.3 Å². The average molecular weight is 315 g/mol. The zero-order chi connectivity index (χ0) is 14.7. The second-order valence-corrected chi connectivity index (χ2v) is 6.10. The number of hydrogen-bond acceptors (Lipinski definition) is 4. The first-order chi connectivity index (χ1) is 9.52. The summed E-state index contributed by atoms with van der Waals surface area (Å²) in [6.45, 7) is 2.29. The van der Waals surface area contributed by atoms with Crippen LogP contribution in [-0.2, 0) is 26.8 Å². The number of benzene rings is 1. The third-order valence-corrected chi connectivity index (χ3v) is 3.99. The molecule has 0 radical (unpaired) electrons. The van der Waals surface area contributed by atoms with E-state index >= 15 is 0 Å². The Labute approximate surface area is 124 Å². The molecule has 1 aromatic heterocycles. The van der Waals surface area contributed by atoms with Gasteiger partial charge in [0.05, 0.1) is 22.3 Å². The number of carbonyl (C=O) groups excluding carboxylic acids is 1. The molecule has 0 aliphatic rings. The van der Waals surface area contributed by atoms with Gasteiger partial charge in [-0.25, -0.2) is 0 Å². The van der Waals surface area contributed by atoms with Gasteiger partial charge in [-0.3, -0.25) is 9.00 Å². The Morgan fingerprint density at radius 3 is 2.85 bits per heavy atom. The standard InChI is InChI=1S/C14H15ClO4S/c1-3-6-18-13(16)8-12-14(20(2)17)10-7-9(15)4-5-11(10)19-12/h4-5,7H,3,6,8H2,1-2H3/t20-/m0/s1. The van der Waals surface area contributed by atoms with Crippen LogP contribution in [0.3, 0.4) is 0 Å². The first-order valence-corrected chi connectivity index (χ1v) is 8.16. The summed E-state index contributed by atoms with van der Waals surface area (Å²) in [5, 5.41) is 1.21. The second-order valence-electron chi connectivity index (χ2n) is 4.35. The van der Waals surface area contributed by atoms with Crippen molar-refractivity contribution < 1.29 is 18.2 Å². The minimum Gasteiger partial charge on any atom is -0.465 e. The summed E-state index contributed by atoms with van der Waals surface area (Å²) in [4.78, 5) is 12.2. The van der Waals surface area contributed by atoms with Crippen molar-refractivity contribution in [2.45, 2.75) is 24.7 Å². The van der Waals surface area contributed by atoms with Gasteiger partial charge in [-0.1, -0.05) is 18.5 Å². The summed E-state index contributed by atoms with van der Waals surface area (Å²) in [5.41, 5.74) is 0.567. The summed E-state index contributed by atoms with van der Waals surface area (Å²) in [7, 11) is -1.27. The summed E-state index contributed by atoms with van der Waals surface area (Å²) in [5.74, 6) is -0.00657. The van der Waals surface area contributed by atoms with Crippen molar-refractivity contribution in [3.63, 3.8) is 0 Å². The number of rotatable bonds is 5. The summed E-state index contributed by atoms with van der Waals surface area (Å²) in [6.07, 6.45) is 2.28. The Morgan fingerprint density at radius 1 is 1.45 bits per heavy atom. The molecule has 1 heterocycles. The number of furan rings is 1. The molecule has 2 aromatic rings. The van der Waals surface area contributed by atoms with Crippen molar-refractivity contribution in [3.05, 3.63) is 29.0 Å². The zero-order valence-corrected chi connectivity index (χ0v) is 12.8. The predicted molar refractivity (Wildman–Crippen MR) is 78.5 cm³/mol. The molecular weight excluding hydrogens is 300 g/mol. The second kappa shape index (κ2) is 6.41. The lowest BCUT2D eigenvalue weighted by atomic mass is 10.2. The topological polar surface area (TPSA) is 56.5 Å². The highest BCUT2D eigenvalue weighted by molar-refractivity contribution is 7.84. The van der Waals surface area contributed by atoms with Gasteiger partial charge < -0.3 is 9.15 Å². The highest BCUT2D eigenvalue weighted by Gasteiger charge is 2.20. The van der Waals surface area contributed by atoms with E-state index in [1.54, 1.807) is 24.5 Å². The largest absolute Gasteiger partial charge is 0.465 e. The molecule has 108 valence electrons. The van der Waals surface area contributed by atoms with Gasteiger partial charge in [0.25, 0.3) is 0 Å². The lowest BCUT2D eigenvalue weighted by molar-refractivity contribution is -0.143. The number of esters is 1. The molecule has 1 aromatic carbocycles. The van der Waals surface area contributed by atoms with Crippen LogP contribution < -0.4 is 0 Å². The molecule has 0 aliphatic heterocycles. The van der Waals surface area contributed by atoms with Crippen molar-refractivity contribution in [2.75, 3.05) is 12.9 Å². The van der Waals surface area contributed by atoms with Gasteiger partial charge in [-0.15, -0.1) is 0 Å². The highest BCUT2D eigenvalue weighted by atomic mass is 35.5. The van der Waals surface area contributed by atoms with Crippen LogP contribution in [0.1, 0.15) is 19.1 Å². The Hall–Kier alpha value is -1.33. The van der Waals surface area contributed by atoms with E-state index in [1.165, 1.54) is 0 Å². The lowest BCUT2D eigenvalue weighted by Crippen LogP contribution is -2.09. The molecule has 0 amide bonds. The van der Waals surface area contributed by atoms with Crippen molar-refractivity contribution in [1.82, 2.24) is 0 Å². The molecule has 0 saturated carbocycles. The van der Waals surface area contributed by atoms with E-state index in [2.05, 4.69) is 0 Å². The van der Waals surface area contributed by atoms with Crippen molar-refractivity contribution >= 4 is 39.3 Å². The fourth-order valence-corrected chi connectivity index (χ4v) is 3.00. The van der Waals surface area contributed by atoms with Crippen LogP contribution in [0.15, 0.2) is 27.5 Å². The predicted octanol–water partition coefficient (Wildman–Crippen LogP) is 3.32. The fourth-order valence-electron chi connectivity index (χ4n) is 1.93. The van der Waals surface area contributed by atoms with Gasteiger partial charge in [0.1, 0.15) is 17.8 Å². The Morgan fingerprint density at radius 2 is 2.20 bits per heavy atom. The van der Waals surface area contributed by atoms with Gasteiger partial charge in [0.2, 0.25) is 0 Å². The Kier molecular flexibility index (Phi) is 4.83. The molecular formula is C14H15ClO4S. The maximum atomic E-state index is 11.9. The minimum atomic E-state index is -1.27. The Balaban J connectivity index is 2.39. The van der Waals surface area contributed by atoms with Crippen LogP contribution in [0.5, 0.6) is 0 Å². The SMILES string of the molecule is CCCOC(=O)Cc1oc2ccc(Cl)cc2c1[S@](C)=O. The molecule has 4 nitrogen and oxygen atoms in total. The molecule has 2 rings (SSSR count). The number of ether oxygens (including phenoxy) is 1. The van der Waals surface area contributed by atoms with Crippen molar-refractivity contribution in [2.24, 2.45) is 0 Å². The molecule has 1 atom stereocenters. The van der Waals surface area contributed by atoms with Gasteiger partial charge >= 0.3 is 5.97 Å². The minimum absolute atomic E-state index is 0.0266. The molecule has 6 heteroatoms. The first-order valence-electron chi connectivity index (χ1n) is 6.23. The molecule has 20 heavy (non-hydrogen) atoms. The molecule has 0 N–H and O–H groups in total.